The van der Waals surface area contributed by atoms with Crippen molar-refractivity contribution in [2.24, 2.45) is 0 Å². The molecule has 7 heavy (non-hydrogen) atoms. The van der Waals surface area contributed by atoms with Crippen molar-refractivity contribution in [3.63, 3.8) is 0 Å². The number of hydrogen-bond donors (Lipinski definition) is 0. The van der Waals surface area contributed by atoms with Crippen LogP contribution >= 0.6 is 0 Å². The fourth-order valence-electron chi connectivity index (χ4n) is 0.306. The monoisotopic (exact) mass is 112 g/mol. The van der Waals surface area contributed by atoms with Crippen LogP contribution in [0.3, 0.4) is 0 Å². The molecule has 0 fully saturated rings. The van der Waals surface area contributed by atoms with Gasteiger partial charge in [0.2, 0.25) is 0 Å². The SMILES string of the molecule is CC#CC[SiH](C)C. The zero-order chi connectivity index (χ0) is 5.70. The van der Waals surface area contributed by atoms with Crippen molar-refractivity contribution >= 4 is 8.80 Å². The van der Waals surface area contributed by atoms with E-state index in [1.54, 1.807) is 0 Å². The molecule has 0 atom stereocenters. The second-order valence-corrected chi connectivity index (χ2v) is 5.22. The lowest BCUT2D eigenvalue weighted by Crippen LogP contribution is -1.94. The minimum atomic E-state index is -0.362. The first kappa shape index (κ1) is 6.78. The first-order valence-electron chi connectivity index (χ1n) is 2.67. The zero-order valence-electron chi connectivity index (χ0n) is 5.28. The van der Waals surface area contributed by atoms with E-state index in [4.69, 9.17) is 0 Å². The summed E-state index contributed by atoms with van der Waals surface area (Å²) in [7, 11) is -0.362. The Morgan fingerprint density at radius 1 is 1.43 bits per heavy atom. The van der Waals surface area contributed by atoms with Gasteiger partial charge in [0.05, 0.1) is 0 Å². The second kappa shape index (κ2) is 3.95. The lowest BCUT2D eigenvalue weighted by Gasteiger charge is -1.88. The third-order valence-corrected chi connectivity index (χ3v) is 1.71. The molecule has 0 aromatic heterocycles. The van der Waals surface area contributed by atoms with Gasteiger partial charge in [-0.1, -0.05) is 13.1 Å². The van der Waals surface area contributed by atoms with E-state index < -0.39 is 0 Å². The molecule has 0 amide bonds. The Kier molecular flexibility index (Phi) is 3.82. The molecule has 0 N–H and O–H groups in total. The maximum atomic E-state index is 3.06. The lowest BCUT2D eigenvalue weighted by molar-refractivity contribution is 1.68. The van der Waals surface area contributed by atoms with Gasteiger partial charge in [0.1, 0.15) is 0 Å². The van der Waals surface area contributed by atoms with Crippen LogP contribution in [0.25, 0.3) is 0 Å². The summed E-state index contributed by atoms with van der Waals surface area (Å²) in [6, 6.07) is 1.18. The van der Waals surface area contributed by atoms with Crippen molar-refractivity contribution in [1.82, 2.24) is 0 Å². The molecule has 0 unspecified atom stereocenters. The van der Waals surface area contributed by atoms with E-state index in [9.17, 15) is 0 Å². The van der Waals surface area contributed by atoms with Gasteiger partial charge >= 0.3 is 0 Å². The predicted octanol–water partition coefficient (Wildman–Crippen LogP) is 1.50. The van der Waals surface area contributed by atoms with Crippen LogP contribution in [0.4, 0.5) is 0 Å². The Morgan fingerprint density at radius 2 is 2.00 bits per heavy atom. The van der Waals surface area contributed by atoms with E-state index in [1.807, 2.05) is 6.92 Å². The summed E-state index contributed by atoms with van der Waals surface area (Å²) in [6.45, 7) is 6.52. The van der Waals surface area contributed by atoms with Gasteiger partial charge in [0.15, 0.2) is 0 Å². The van der Waals surface area contributed by atoms with Crippen LogP contribution in [0.15, 0.2) is 0 Å². The van der Waals surface area contributed by atoms with Crippen molar-refractivity contribution in [3.05, 3.63) is 0 Å². The van der Waals surface area contributed by atoms with Crippen LogP contribution < -0.4 is 0 Å². The molecule has 0 aliphatic heterocycles. The predicted molar refractivity (Wildman–Crippen MR) is 37.1 cm³/mol. The quantitative estimate of drug-likeness (QED) is 0.356. The van der Waals surface area contributed by atoms with Crippen LogP contribution in [-0.2, 0) is 0 Å². The third kappa shape index (κ3) is 5.78. The van der Waals surface area contributed by atoms with Gasteiger partial charge in [-0.25, -0.2) is 0 Å². The highest BCUT2D eigenvalue weighted by Crippen LogP contribution is 1.85. The average Bonchev–Trinajstić information content (AvgIpc) is 1.61. The van der Waals surface area contributed by atoms with E-state index in [-0.39, 0.29) is 8.80 Å². The minimum absolute atomic E-state index is 0.362. The minimum Gasteiger partial charge on any atom is -0.107 e. The Hall–Kier alpha value is -0.223. The zero-order valence-corrected chi connectivity index (χ0v) is 6.44. The van der Waals surface area contributed by atoms with Crippen molar-refractivity contribution in [2.45, 2.75) is 26.1 Å². The van der Waals surface area contributed by atoms with E-state index in [2.05, 4.69) is 24.9 Å². The third-order valence-electron chi connectivity index (χ3n) is 0.687. The molecule has 0 radical (unpaired) electrons. The van der Waals surface area contributed by atoms with E-state index in [0.717, 1.165) is 0 Å². The van der Waals surface area contributed by atoms with Crippen LogP contribution in [0.5, 0.6) is 0 Å². The molecule has 0 aliphatic carbocycles. The first-order valence-corrected chi connectivity index (χ1v) is 5.79. The van der Waals surface area contributed by atoms with Crippen LogP contribution in [0.1, 0.15) is 6.92 Å². The molecule has 1 heteroatoms. The Morgan fingerprint density at radius 3 is 2.14 bits per heavy atom. The molecule has 0 aromatic carbocycles. The largest absolute Gasteiger partial charge is 0.107 e. The summed E-state index contributed by atoms with van der Waals surface area (Å²) in [4.78, 5) is 0. The molecule has 0 heterocycles. The molecule has 0 nitrogen and oxygen atoms in total. The molecule has 40 valence electrons. The fourth-order valence-corrected chi connectivity index (χ4v) is 0.919. The van der Waals surface area contributed by atoms with E-state index >= 15 is 0 Å². The van der Waals surface area contributed by atoms with Crippen molar-refractivity contribution in [3.8, 4) is 11.8 Å². The molecule has 0 bridgehead atoms. The van der Waals surface area contributed by atoms with Gasteiger partial charge < -0.3 is 0 Å². The Bertz CT molecular complexity index is 84.1. The van der Waals surface area contributed by atoms with Gasteiger partial charge in [-0.3, -0.25) is 0 Å². The van der Waals surface area contributed by atoms with Gasteiger partial charge in [-0.2, -0.15) is 0 Å². The highest BCUT2D eigenvalue weighted by Gasteiger charge is 1.86. The molecule has 0 aromatic rings. The smallest absolute Gasteiger partial charge is 0.0443 e. The summed E-state index contributed by atoms with van der Waals surface area (Å²) in [6.07, 6.45) is 0. The van der Waals surface area contributed by atoms with Crippen molar-refractivity contribution < 1.29 is 0 Å². The topological polar surface area (TPSA) is 0 Å². The van der Waals surface area contributed by atoms with Crippen LogP contribution in [0.2, 0.25) is 19.1 Å². The normalized spacial score (nSPS) is 8.00. The van der Waals surface area contributed by atoms with Gasteiger partial charge in [0.25, 0.3) is 0 Å². The highest BCUT2D eigenvalue weighted by molar-refractivity contribution is 6.56. The van der Waals surface area contributed by atoms with Gasteiger partial charge in [-0.15, -0.1) is 11.8 Å². The molecule has 0 rings (SSSR count). The lowest BCUT2D eigenvalue weighted by atomic mass is 10.7. The van der Waals surface area contributed by atoms with Gasteiger partial charge in [-0.05, 0) is 6.92 Å². The Balaban J connectivity index is 3.08. The van der Waals surface area contributed by atoms with Crippen LogP contribution in [-0.4, -0.2) is 8.80 Å². The summed E-state index contributed by atoms with van der Waals surface area (Å²) in [5.74, 6) is 5.94. The fraction of sp³-hybridized carbons (Fsp3) is 0.667. The maximum Gasteiger partial charge on any atom is 0.0443 e. The molecular formula is C6H12Si. The second-order valence-electron chi connectivity index (χ2n) is 2.02. The summed E-state index contributed by atoms with van der Waals surface area (Å²) < 4.78 is 0. The standard InChI is InChI=1S/C6H12Si/c1-4-5-6-7(2)3/h7H,6H2,1-3H3. The molecule has 0 saturated carbocycles. The molecular weight excluding hydrogens is 100 g/mol. The van der Waals surface area contributed by atoms with Crippen LogP contribution in [0, 0.1) is 11.8 Å². The molecule has 0 saturated heterocycles. The van der Waals surface area contributed by atoms with Gasteiger partial charge in [0, 0.05) is 14.8 Å². The summed E-state index contributed by atoms with van der Waals surface area (Å²) >= 11 is 0. The highest BCUT2D eigenvalue weighted by atomic mass is 28.3. The number of rotatable bonds is 1. The molecule has 0 aliphatic rings. The molecule has 0 spiro atoms. The van der Waals surface area contributed by atoms with E-state index in [1.165, 1.54) is 6.04 Å². The summed E-state index contributed by atoms with van der Waals surface area (Å²) in [5, 5.41) is 0. The van der Waals surface area contributed by atoms with Crippen molar-refractivity contribution in [1.29, 1.82) is 0 Å². The Labute approximate surface area is 47.5 Å². The van der Waals surface area contributed by atoms with E-state index in [0.29, 0.717) is 0 Å². The average molecular weight is 112 g/mol. The van der Waals surface area contributed by atoms with Crippen molar-refractivity contribution in [2.75, 3.05) is 0 Å². The summed E-state index contributed by atoms with van der Waals surface area (Å²) in [5.41, 5.74) is 0. The number of hydrogen-bond acceptors (Lipinski definition) is 0. The maximum absolute atomic E-state index is 3.06. The first-order chi connectivity index (χ1) is 3.27.